The summed E-state index contributed by atoms with van der Waals surface area (Å²) >= 11 is 0. The molecule has 0 aromatic carbocycles. The van der Waals surface area contributed by atoms with E-state index in [2.05, 4.69) is 15.6 Å². The zero-order valence-corrected chi connectivity index (χ0v) is 10.1. The van der Waals surface area contributed by atoms with E-state index in [9.17, 15) is 10.1 Å². The molecule has 1 unspecified atom stereocenters. The zero-order chi connectivity index (χ0) is 11.4. The van der Waals surface area contributed by atoms with Crippen molar-refractivity contribution >= 4 is 23.9 Å². The fraction of sp³-hybridized carbons (Fsp3) is 0.500. The number of anilines is 1. The molecule has 2 rings (SSSR count). The Bertz CT molecular complexity index is 382. The lowest BCUT2D eigenvalue weighted by atomic mass is 10.2. The average molecular weight is 259 g/mol. The molecule has 0 radical (unpaired) electrons. The predicted octanol–water partition coefficient (Wildman–Crippen LogP) is 1.58. The molecular formula is C10H15ClN4O2. The molecule has 0 saturated carbocycles. The summed E-state index contributed by atoms with van der Waals surface area (Å²) in [5, 5.41) is 17.1. The largest absolute Gasteiger partial charge is 0.363 e. The number of hydrogen-bond donors (Lipinski definition) is 2. The first-order valence-corrected chi connectivity index (χ1v) is 5.34. The van der Waals surface area contributed by atoms with Crippen LogP contribution in [-0.2, 0) is 0 Å². The summed E-state index contributed by atoms with van der Waals surface area (Å²) in [7, 11) is 0. The number of nitrogens with one attached hydrogen (secondary N) is 2. The Hall–Kier alpha value is -1.40. The van der Waals surface area contributed by atoms with Crippen molar-refractivity contribution in [3.8, 4) is 0 Å². The number of nitrogens with zero attached hydrogens (tertiary/aromatic N) is 2. The summed E-state index contributed by atoms with van der Waals surface area (Å²) < 4.78 is 0. The van der Waals surface area contributed by atoms with E-state index in [1.54, 1.807) is 12.3 Å². The standard InChI is InChI=1S/C10H14N4O2.ClH/c15-14(16)9-4-2-6-12-10(9)13-7-8-3-1-5-11-8;/h2,4,6,8,11H,1,3,5,7H2,(H,12,13);1H. The van der Waals surface area contributed by atoms with Gasteiger partial charge in [-0.3, -0.25) is 10.1 Å². The molecule has 1 aliphatic heterocycles. The number of nitro groups is 1. The molecule has 1 saturated heterocycles. The van der Waals surface area contributed by atoms with Crippen LogP contribution in [0.2, 0.25) is 0 Å². The Kier molecular flexibility index (Phi) is 5.11. The first kappa shape index (κ1) is 13.7. The number of pyridine rings is 1. The van der Waals surface area contributed by atoms with Crippen molar-refractivity contribution in [3.63, 3.8) is 0 Å². The van der Waals surface area contributed by atoms with Crippen LogP contribution in [0.3, 0.4) is 0 Å². The Balaban J connectivity index is 0.00000144. The van der Waals surface area contributed by atoms with Gasteiger partial charge < -0.3 is 10.6 Å². The molecule has 1 aromatic rings. The van der Waals surface area contributed by atoms with Gasteiger partial charge in [0.2, 0.25) is 5.82 Å². The maximum atomic E-state index is 10.7. The van der Waals surface area contributed by atoms with Crippen LogP contribution >= 0.6 is 12.4 Å². The van der Waals surface area contributed by atoms with Crippen LogP contribution in [0.1, 0.15) is 12.8 Å². The maximum Gasteiger partial charge on any atom is 0.311 e. The van der Waals surface area contributed by atoms with Crippen LogP contribution in [0, 0.1) is 10.1 Å². The molecule has 2 N–H and O–H groups in total. The summed E-state index contributed by atoms with van der Waals surface area (Å²) in [6.07, 6.45) is 3.82. The Morgan fingerprint density at radius 2 is 2.47 bits per heavy atom. The minimum atomic E-state index is -0.419. The molecule has 1 aromatic heterocycles. The molecule has 0 bridgehead atoms. The number of hydrogen-bond acceptors (Lipinski definition) is 5. The van der Waals surface area contributed by atoms with E-state index < -0.39 is 4.92 Å². The second-order valence-electron chi connectivity index (χ2n) is 3.80. The highest BCUT2D eigenvalue weighted by Crippen LogP contribution is 2.20. The van der Waals surface area contributed by atoms with E-state index in [4.69, 9.17) is 0 Å². The number of aromatic nitrogens is 1. The third-order valence-corrected chi connectivity index (χ3v) is 2.66. The van der Waals surface area contributed by atoms with Gasteiger partial charge in [-0.2, -0.15) is 0 Å². The van der Waals surface area contributed by atoms with Crippen molar-refractivity contribution in [3.05, 3.63) is 28.4 Å². The fourth-order valence-electron chi connectivity index (χ4n) is 1.83. The summed E-state index contributed by atoms with van der Waals surface area (Å²) in [5.41, 5.74) is 0.0282. The van der Waals surface area contributed by atoms with E-state index in [1.165, 1.54) is 6.07 Å². The second-order valence-corrected chi connectivity index (χ2v) is 3.80. The molecule has 6 nitrogen and oxygen atoms in total. The molecule has 7 heteroatoms. The van der Waals surface area contributed by atoms with Crippen LogP contribution in [0.4, 0.5) is 11.5 Å². The lowest BCUT2D eigenvalue weighted by Gasteiger charge is -2.11. The van der Waals surface area contributed by atoms with Crippen molar-refractivity contribution in [2.75, 3.05) is 18.4 Å². The van der Waals surface area contributed by atoms with Crippen molar-refractivity contribution in [1.82, 2.24) is 10.3 Å². The molecule has 0 amide bonds. The van der Waals surface area contributed by atoms with E-state index in [0.29, 0.717) is 18.4 Å². The molecule has 0 aliphatic carbocycles. The maximum absolute atomic E-state index is 10.7. The highest BCUT2D eigenvalue weighted by molar-refractivity contribution is 5.85. The van der Waals surface area contributed by atoms with Crippen molar-refractivity contribution in [2.45, 2.75) is 18.9 Å². The quantitative estimate of drug-likeness (QED) is 0.633. The lowest BCUT2D eigenvalue weighted by Crippen LogP contribution is -2.29. The lowest BCUT2D eigenvalue weighted by molar-refractivity contribution is -0.384. The third kappa shape index (κ3) is 3.54. The fourth-order valence-corrected chi connectivity index (χ4v) is 1.83. The smallest absolute Gasteiger partial charge is 0.311 e. The Labute approximate surface area is 105 Å². The Morgan fingerprint density at radius 1 is 1.65 bits per heavy atom. The van der Waals surface area contributed by atoms with Gasteiger partial charge in [-0.15, -0.1) is 12.4 Å². The second kappa shape index (κ2) is 6.36. The first-order valence-electron chi connectivity index (χ1n) is 5.34. The summed E-state index contributed by atoms with van der Waals surface area (Å²) in [6.45, 7) is 1.70. The molecule has 1 fully saturated rings. The van der Waals surface area contributed by atoms with Crippen LogP contribution in [0.15, 0.2) is 18.3 Å². The van der Waals surface area contributed by atoms with Gasteiger partial charge >= 0.3 is 5.69 Å². The molecule has 1 atom stereocenters. The van der Waals surface area contributed by atoms with Gasteiger partial charge in [0.05, 0.1) is 4.92 Å². The SMILES string of the molecule is Cl.O=[N+]([O-])c1cccnc1NCC1CCCN1. The van der Waals surface area contributed by atoms with Gasteiger partial charge in [0.15, 0.2) is 0 Å². The normalized spacial score (nSPS) is 18.5. The van der Waals surface area contributed by atoms with E-state index >= 15 is 0 Å². The van der Waals surface area contributed by atoms with Crippen molar-refractivity contribution in [2.24, 2.45) is 0 Å². The van der Waals surface area contributed by atoms with Crippen LogP contribution in [-0.4, -0.2) is 29.0 Å². The van der Waals surface area contributed by atoms with Crippen LogP contribution < -0.4 is 10.6 Å². The Morgan fingerprint density at radius 3 is 3.12 bits per heavy atom. The molecule has 1 aliphatic rings. The number of rotatable bonds is 4. The van der Waals surface area contributed by atoms with Gasteiger partial charge in [0.1, 0.15) is 0 Å². The summed E-state index contributed by atoms with van der Waals surface area (Å²) in [6, 6.07) is 3.41. The minimum Gasteiger partial charge on any atom is -0.363 e. The van der Waals surface area contributed by atoms with Gasteiger partial charge in [-0.25, -0.2) is 4.98 Å². The van der Waals surface area contributed by atoms with Crippen LogP contribution in [0.5, 0.6) is 0 Å². The van der Waals surface area contributed by atoms with Gasteiger partial charge in [0, 0.05) is 24.8 Å². The topological polar surface area (TPSA) is 80.1 Å². The van der Waals surface area contributed by atoms with E-state index in [0.717, 1.165) is 19.4 Å². The third-order valence-electron chi connectivity index (χ3n) is 2.66. The van der Waals surface area contributed by atoms with Gasteiger partial charge in [-0.1, -0.05) is 0 Å². The molecule has 2 heterocycles. The summed E-state index contributed by atoms with van der Waals surface area (Å²) in [5.74, 6) is 0.348. The van der Waals surface area contributed by atoms with Gasteiger partial charge in [-0.05, 0) is 25.5 Å². The molecule has 0 spiro atoms. The minimum absolute atomic E-state index is 0. The van der Waals surface area contributed by atoms with Crippen molar-refractivity contribution in [1.29, 1.82) is 0 Å². The number of halogens is 1. The molecule has 94 valence electrons. The average Bonchev–Trinajstić information content (AvgIpc) is 2.79. The zero-order valence-electron chi connectivity index (χ0n) is 9.26. The molecule has 17 heavy (non-hydrogen) atoms. The van der Waals surface area contributed by atoms with Crippen LogP contribution in [0.25, 0.3) is 0 Å². The first-order chi connectivity index (χ1) is 7.77. The van der Waals surface area contributed by atoms with Crippen molar-refractivity contribution < 1.29 is 4.92 Å². The van der Waals surface area contributed by atoms with E-state index in [1.807, 2.05) is 0 Å². The monoisotopic (exact) mass is 258 g/mol. The van der Waals surface area contributed by atoms with Gasteiger partial charge in [0.25, 0.3) is 0 Å². The predicted molar refractivity (Wildman–Crippen MR) is 67.7 cm³/mol. The highest BCUT2D eigenvalue weighted by Gasteiger charge is 2.17. The summed E-state index contributed by atoms with van der Waals surface area (Å²) in [4.78, 5) is 14.3. The molecular weight excluding hydrogens is 244 g/mol. The highest BCUT2D eigenvalue weighted by atomic mass is 35.5. The van der Waals surface area contributed by atoms with E-state index in [-0.39, 0.29) is 18.1 Å².